The third kappa shape index (κ3) is 4.97. The Morgan fingerprint density at radius 1 is 1.38 bits per heavy atom. The molecule has 0 bridgehead atoms. The molecule has 0 aromatic rings. The van der Waals surface area contributed by atoms with Crippen LogP contribution in [0.5, 0.6) is 0 Å². The molecule has 5 heteroatoms. The summed E-state index contributed by atoms with van der Waals surface area (Å²) in [7, 11) is 0. The molecule has 0 fully saturated rings. The lowest BCUT2D eigenvalue weighted by Crippen LogP contribution is -2.12. The smallest absolute Gasteiger partial charge is 0.331 e. The maximum absolute atomic E-state index is 10.4. The molecule has 0 heterocycles. The molecular formula is C8H12O5. The minimum absolute atomic E-state index is 0.141. The first kappa shape index (κ1) is 11.6. The molecule has 0 rings (SSSR count). The summed E-state index contributed by atoms with van der Waals surface area (Å²) in [5, 5.41) is 25.9. The van der Waals surface area contributed by atoms with Crippen molar-refractivity contribution in [1.29, 1.82) is 0 Å². The van der Waals surface area contributed by atoms with E-state index >= 15 is 0 Å². The summed E-state index contributed by atoms with van der Waals surface area (Å²) in [5.74, 6) is -2.63. The van der Waals surface area contributed by atoms with Gasteiger partial charge in [-0.15, -0.1) is 0 Å². The molecule has 0 aliphatic carbocycles. The fraction of sp³-hybridized carbons (Fsp3) is 0.500. The SMILES string of the molecule is CCC(O)C/C(=C/C(=O)O)C(=O)O. The second kappa shape index (κ2) is 5.31. The van der Waals surface area contributed by atoms with E-state index in [1.807, 2.05) is 0 Å². The summed E-state index contributed by atoms with van der Waals surface area (Å²) in [6, 6.07) is 0. The molecule has 1 unspecified atom stereocenters. The highest BCUT2D eigenvalue weighted by Crippen LogP contribution is 2.08. The predicted octanol–water partition coefficient (Wildman–Crippen LogP) is 0.243. The second-order valence-electron chi connectivity index (χ2n) is 2.58. The van der Waals surface area contributed by atoms with Gasteiger partial charge in [0.1, 0.15) is 0 Å². The normalized spacial score (nSPS) is 13.8. The van der Waals surface area contributed by atoms with E-state index in [9.17, 15) is 9.59 Å². The Morgan fingerprint density at radius 3 is 2.23 bits per heavy atom. The molecule has 0 spiro atoms. The van der Waals surface area contributed by atoms with Crippen molar-refractivity contribution in [2.24, 2.45) is 0 Å². The maximum Gasteiger partial charge on any atom is 0.331 e. The Morgan fingerprint density at radius 2 is 1.92 bits per heavy atom. The number of rotatable bonds is 5. The molecule has 0 radical (unpaired) electrons. The van der Waals surface area contributed by atoms with Crippen molar-refractivity contribution in [3.8, 4) is 0 Å². The topological polar surface area (TPSA) is 94.8 Å². The zero-order chi connectivity index (χ0) is 10.4. The van der Waals surface area contributed by atoms with Crippen molar-refractivity contribution >= 4 is 11.9 Å². The largest absolute Gasteiger partial charge is 0.478 e. The first-order valence-electron chi connectivity index (χ1n) is 3.82. The van der Waals surface area contributed by atoms with E-state index in [0.29, 0.717) is 12.5 Å². The highest BCUT2D eigenvalue weighted by Gasteiger charge is 2.13. The predicted molar refractivity (Wildman–Crippen MR) is 44.3 cm³/mol. The van der Waals surface area contributed by atoms with Crippen LogP contribution >= 0.6 is 0 Å². The first-order valence-corrected chi connectivity index (χ1v) is 3.82. The van der Waals surface area contributed by atoms with Crippen molar-refractivity contribution in [3.05, 3.63) is 11.6 Å². The Balaban J connectivity index is 4.44. The van der Waals surface area contributed by atoms with E-state index in [1.54, 1.807) is 6.92 Å². The Labute approximate surface area is 75.3 Å². The van der Waals surface area contributed by atoms with Gasteiger partial charge in [0.05, 0.1) is 6.10 Å². The van der Waals surface area contributed by atoms with Gasteiger partial charge in [0.15, 0.2) is 0 Å². The fourth-order valence-corrected chi connectivity index (χ4v) is 0.755. The molecule has 0 saturated carbocycles. The van der Waals surface area contributed by atoms with Crippen LogP contribution in [0.2, 0.25) is 0 Å². The van der Waals surface area contributed by atoms with Crippen LogP contribution in [-0.4, -0.2) is 33.4 Å². The van der Waals surface area contributed by atoms with Crippen LogP contribution in [-0.2, 0) is 9.59 Å². The molecule has 0 aromatic heterocycles. The zero-order valence-electron chi connectivity index (χ0n) is 7.23. The van der Waals surface area contributed by atoms with Gasteiger partial charge in [-0.05, 0) is 6.42 Å². The molecule has 0 aromatic carbocycles. The lowest BCUT2D eigenvalue weighted by Gasteiger charge is -2.06. The molecular weight excluding hydrogens is 176 g/mol. The molecule has 0 aliphatic rings. The number of carboxylic acids is 2. The summed E-state index contributed by atoms with van der Waals surface area (Å²) in [6.45, 7) is 1.69. The molecule has 0 amide bonds. The summed E-state index contributed by atoms with van der Waals surface area (Å²) >= 11 is 0. The minimum atomic E-state index is -1.32. The number of aliphatic hydroxyl groups excluding tert-OH is 1. The second-order valence-corrected chi connectivity index (χ2v) is 2.58. The third-order valence-electron chi connectivity index (χ3n) is 1.50. The van der Waals surface area contributed by atoms with Gasteiger partial charge in [0, 0.05) is 18.1 Å². The van der Waals surface area contributed by atoms with Gasteiger partial charge in [0.25, 0.3) is 0 Å². The van der Waals surface area contributed by atoms with Crippen LogP contribution in [0.25, 0.3) is 0 Å². The Kier molecular flexibility index (Phi) is 4.76. The van der Waals surface area contributed by atoms with Gasteiger partial charge in [-0.3, -0.25) is 0 Å². The maximum atomic E-state index is 10.4. The monoisotopic (exact) mass is 188 g/mol. The molecule has 74 valence electrons. The van der Waals surface area contributed by atoms with Gasteiger partial charge >= 0.3 is 11.9 Å². The number of aliphatic carboxylic acids is 2. The van der Waals surface area contributed by atoms with Crippen molar-refractivity contribution in [3.63, 3.8) is 0 Å². The summed E-state index contributed by atoms with van der Waals surface area (Å²) in [5.41, 5.74) is -0.290. The van der Waals surface area contributed by atoms with E-state index in [2.05, 4.69) is 0 Å². The molecule has 13 heavy (non-hydrogen) atoms. The molecule has 0 aliphatic heterocycles. The van der Waals surface area contributed by atoms with Crippen molar-refractivity contribution < 1.29 is 24.9 Å². The summed E-state index contributed by atoms with van der Waals surface area (Å²) < 4.78 is 0. The fourth-order valence-electron chi connectivity index (χ4n) is 0.755. The van der Waals surface area contributed by atoms with Crippen LogP contribution in [0, 0.1) is 0 Å². The van der Waals surface area contributed by atoms with Gasteiger partial charge < -0.3 is 15.3 Å². The number of carboxylic acid groups (broad SMARTS) is 2. The first-order chi connectivity index (χ1) is 5.97. The zero-order valence-corrected chi connectivity index (χ0v) is 7.23. The number of hydrogen-bond acceptors (Lipinski definition) is 3. The van der Waals surface area contributed by atoms with E-state index in [-0.39, 0.29) is 12.0 Å². The van der Waals surface area contributed by atoms with Gasteiger partial charge in [-0.25, -0.2) is 9.59 Å². The quantitative estimate of drug-likeness (QED) is 0.537. The van der Waals surface area contributed by atoms with Crippen molar-refractivity contribution in [1.82, 2.24) is 0 Å². The van der Waals surface area contributed by atoms with E-state index in [0.717, 1.165) is 0 Å². The van der Waals surface area contributed by atoms with E-state index in [4.69, 9.17) is 15.3 Å². The van der Waals surface area contributed by atoms with E-state index in [1.165, 1.54) is 0 Å². The lowest BCUT2D eigenvalue weighted by molar-refractivity contribution is -0.135. The van der Waals surface area contributed by atoms with Crippen LogP contribution in [0.15, 0.2) is 11.6 Å². The van der Waals surface area contributed by atoms with Crippen molar-refractivity contribution in [2.75, 3.05) is 0 Å². The van der Waals surface area contributed by atoms with Crippen molar-refractivity contribution in [2.45, 2.75) is 25.9 Å². The third-order valence-corrected chi connectivity index (χ3v) is 1.50. The highest BCUT2D eigenvalue weighted by molar-refractivity contribution is 5.94. The molecule has 0 saturated heterocycles. The molecule has 3 N–H and O–H groups in total. The molecule has 1 atom stereocenters. The van der Waals surface area contributed by atoms with Crippen LogP contribution < -0.4 is 0 Å². The lowest BCUT2D eigenvalue weighted by atomic mass is 10.1. The number of carbonyl (C=O) groups is 2. The minimum Gasteiger partial charge on any atom is -0.478 e. The van der Waals surface area contributed by atoms with E-state index < -0.39 is 18.0 Å². The average Bonchev–Trinajstić information content (AvgIpc) is 2.02. The summed E-state index contributed by atoms with van der Waals surface area (Å²) in [6.07, 6.45) is 0.0468. The van der Waals surface area contributed by atoms with Gasteiger partial charge in [0.2, 0.25) is 0 Å². The van der Waals surface area contributed by atoms with Crippen LogP contribution in [0.4, 0.5) is 0 Å². The number of aliphatic hydroxyl groups is 1. The summed E-state index contributed by atoms with van der Waals surface area (Å²) in [4.78, 5) is 20.6. The Hall–Kier alpha value is -1.36. The van der Waals surface area contributed by atoms with Crippen LogP contribution in [0.1, 0.15) is 19.8 Å². The van der Waals surface area contributed by atoms with Crippen LogP contribution in [0.3, 0.4) is 0 Å². The van der Waals surface area contributed by atoms with Gasteiger partial charge in [-0.2, -0.15) is 0 Å². The highest BCUT2D eigenvalue weighted by atomic mass is 16.4. The number of hydrogen-bond donors (Lipinski definition) is 3. The van der Waals surface area contributed by atoms with Gasteiger partial charge in [-0.1, -0.05) is 6.92 Å². The average molecular weight is 188 g/mol. The molecule has 5 nitrogen and oxygen atoms in total. The standard InChI is InChI=1S/C8H12O5/c1-2-6(9)3-5(8(12)13)4-7(10)11/h4,6,9H,2-3H2,1H3,(H,10,11)(H,12,13)/b5-4-. The Bertz CT molecular complexity index is 231.